The van der Waals surface area contributed by atoms with Gasteiger partial charge in [0.1, 0.15) is 23.0 Å². The molecule has 1 atom stereocenters. The Kier molecular flexibility index (Phi) is 4.21. The van der Waals surface area contributed by atoms with Crippen LogP contribution in [0.3, 0.4) is 0 Å². The molecule has 0 radical (unpaired) electrons. The third-order valence-electron chi connectivity index (χ3n) is 3.52. The summed E-state index contributed by atoms with van der Waals surface area (Å²) in [5.41, 5.74) is -0.900. The third-order valence-corrected chi connectivity index (χ3v) is 3.52. The lowest BCUT2D eigenvalue weighted by Crippen LogP contribution is -2.52. The maximum Gasteiger partial charge on any atom is 0.375 e. The monoisotopic (exact) mass is 306 g/mol. The van der Waals surface area contributed by atoms with Gasteiger partial charge in [-0.2, -0.15) is 0 Å². The predicted octanol–water partition coefficient (Wildman–Crippen LogP) is 1.80. The van der Waals surface area contributed by atoms with Crippen LogP contribution in [0.25, 0.3) is 0 Å². The molecule has 0 saturated heterocycles. The molecule has 6 heteroatoms. The number of rotatable bonds is 4. The molecule has 1 aromatic rings. The standard InChI is InChI=1S/C16H18O6/c1-5-21-15(19)14(18)12-13(17)10-7-6-9(20-4)8-11(10)22-16(12,2)3/h6-8,12H,5H2,1-4H3. The number of hydrogen-bond acceptors (Lipinski definition) is 6. The minimum absolute atomic E-state index is 0.0700. The molecule has 118 valence electrons. The molecule has 0 bridgehead atoms. The summed E-state index contributed by atoms with van der Waals surface area (Å²) in [6.07, 6.45) is 0. The molecule has 0 aromatic heterocycles. The van der Waals surface area contributed by atoms with Gasteiger partial charge in [-0.3, -0.25) is 9.59 Å². The van der Waals surface area contributed by atoms with Crippen LogP contribution >= 0.6 is 0 Å². The van der Waals surface area contributed by atoms with E-state index in [0.29, 0.717) is 11.5 Å². The van der Waals surface area contributed by atoms with Crippen molar-refractivity contribution in [3.63, 3.8) is 0 Å². The Labute approximate surface area is 128 Å². The number of ether oxygens (including phenoxy) is 3. The second-order valence-electron chi connectivity index (χ2n) is 5.45. The molecule has 6 nitrogen and oxygen atoms in total. The molecule has 22 heavy (non-hydrogen) atoms. The van der Waals surface area contributed by atoms with Gasteiger partial charge in [-0.1, -0.05) is 0 Å². The summed E-state index contributed by atoms with van der Waals surface area (Å²) >= 11 is 0. The summed E-state index contributed by atoms with van der Waals surface area (Å²) in [6.45, 7) is 4.85. The number of Topliss-reactive ketones (excluding diaryl/α,β-unsaturated/α-hetero) is 2. The van der Waals surface area contributed by atoms with Crippen molar-refractivity contribution in [2.45, 2.75) is 26.4 Å². The highest BCUT2D eigenvalue weighted by atomic mass is 16.5. The Hall–Kier alpha value is -2.37. The summed E-state index contributed by atoms with van der Waals surface area (Å²) in [7, 11) is 1.50. The highest BCUT2D eigenvalue weighted by Gasteiger charge is 2.50. The number of esters is 1. The molecule has 0 spiro atoms. The largest absolute Gasteiger partial charge is 0.497 e. The molecule has 1 heterocycles. The predicted molar refractivity (Wildman–Crippen MR) is 77.2 cm³/mol. The van der Waals surface area contributed by atoms with Crippen molar-refractivity contribution in [3.8, 4) is 11.5 Å². The van der Waals surface area contributed by atoms with Gasteiger partial charge < -0.3 is 14.2 Å². The topological polar surface area (TPSA) is 78.9 Å². The molecule has 0 saturated carbocycles. The summed E-state index contributed by atoms with van der Waals surface area (Å²) in [4.78, 5) is 36.6. The van der Waals surface area contributed by atoms with Gasteiger partial charge in [0.15, 0.2) is 5.78 Å². The van der Waals surface area contributed by atoms with E-state index in [1.807, 2.05) is 0 Å². The van der Waals surface area contributed by atoms with Gasteiger partial charge in [-0.25, -0.2) is 4.79 Å². The zero-order valence-corrected chi connectivity index (χ0v) is 13.0. The van der Waals surface area contributed by atoms with Crippen molar-refractivity contribution in [3.05, 3.63) is 23.8 Å². The van der Waals surface area contributed by atoms with Crippen molar-refractivity contribution in [1.29, 1.82) is 0 Å². The summed E-state index contributed by atoms with van der Waals surface area (Å²) in [5, 5.41) is 0. The molecule has 1 aliphatic rings. The lowest BCUT2D eigenvalue weighted by atomic mass is 9.78. The molecule has 1 aliphatic heterocycles. The van der Waals surface area contributed by atoms with Crippen LogP contribution in [0.2, 0.25) is 0 Å². The van der Waals surface area contributed by atoms with E-state index in [1.54, 1.807) is 32.9 Å². The van der Waals surface area contributed by atoms with Crippen LogP contribution < -0.4 is 9.47 Å². The fourth-order valence-electron chi connectivity index (χ4n) is 2.49. The van der Waals surface area contributed by atoms with Crippen LogP contribution in [-0.2, 0) is 14.3 Å². The van der Waals surface area contributed by atoms with Crippen LogP contribution in [-0.4, -0.2) is 36.9 Å². The fourth-order valence-corrected chi connectivity index (χ4v) is 2.49. The van der Waals surface area contributed by atoms with E-state index in [-0.39, 0.29) is 12.2 Å². The third kappa shape index (κ3) is 2.68. The summed E-state index contributed by atoms with van der Waals surface area (Å²) in [6, 6.07) is 4.71. The smallest absolute Gasteiger partial charge is 0.375 e. The molecular weight excluding hydrogens is 288 g/mol. The van der Waals surface area contributed by atoms with E-state index in [2.05, 4.69) is 0 Å². The number of carbonyl (C=O) groups excluding carboxylic acids is 3. The van der Waals surface area contributed by atoms with Gasteiger partial charge in [-0.05, 0) is 32.9 Å². The highest BCUT2D eigenvalue weighted by molar-refractivity contribution is 6.40. The van der Waals surface area contributed by atoms with Crippen molar-refractivity contribution in [2.24, 2.45) is 5.92 Å². The highest BCUT2D eigenvalue weighted by Crippen LogP contribution is 2.39. The Morgan fingerprint density at radius 3 is 2.59 bits per heavy atom. The molecular formula is C16H18O6. The second-order valence-corrected chi connectivity index (χ2v) is 5.45. The Bertz CT molecular complexity index is 632. The average Bonchev–Trinajstić information content (AvgIpc) is 2.45. The van der Waals surface area contributed by atoms with Crippen LogP contribution in [0, 0.1) is 5.92 Å². The van der Waals surface area contributed by atoms with E-state index in [9.17, 15) is 14.4 Å². The van der Waals surface area contributed by atoms with E-state index in [1.165, 1.54) is 13.2 Å². The van der Waals surface area contributed by atoms with Gasteiger partial charge in [0.05, 0.1) is 19.3 Å². The molecule has 1 aromatic carbocycles. The minimum atomic E-state index is -1.23. The number of fused-ring (bicyclic) bond motifs is 1. The van der Waals surface area contributed by atoms with Crippen molar-refractivity contribution >= 4 is 17.5 Å². The second kappa shape index (κ2) is 5.79. The Morgan fingerprint density at radius 2 is 2.00 bits per heavy atom. The molecule has 0 fully saturated rings. The van der Waals surface area contributed by atoms with E-state index in [4.69, 9.17) is 14.2 Å². The fraction of sp³-hybridized carbons (Fsp3) is 0.438. The SMILES string of the molecule is CCOC(=O)C(=O)C1C(=O)c2ccc(OC)cc2OC1(C)C. The summed E-state index contributed by atoms with van der Waals surface area (Å²) < 4.78 is 15.6. The average molecular weight is 306 g/mol. The number of hydrogen-bond donors (Lipinski definition) is 0. The number of carbonyl (C=O) groups is 3. The van der Waals surface area contributed by atoms with Crippen LogP contribution in [0.5, 0.6) is 11.5 Å². The van der Waals surface area contributed by atoms with E-state index in [0.717, 1.165) is 0 Å². The van der Waals surface area contributed by atoms with Crippen LogP contribution in [0.1, 0.15) is 31.1 Å². The van der Waals surface area contributed by atoms with E-state index >= 15 is 0 Å². The number of benzene rings is 1. The Morgan fingerprint density at radius 1 is 1.32 bits per heavy atom. The first-order chi connectivity index (χ1) is 10.3. The van der Waals surface area contributed by atoms with Crippen molar-refractivity contribution in [2.75, 3.05) is 13.7 Å². The van der Waals surface area contributed by atoms with Gasteiger partial charge in [0.25, 0.3) is 5.78 Å². The number of ketones is 2. The zero-order valence-electron chi connectivity index (χ0n) is 13.0. The summed E-state index contributed by atoms with van der Waals surface area (Å²) in [5.74, 6) is -2.72. The van der Waals surface area contributed by atoms with Crippen LogP contribution in [0.15, 0.2) is 18.2 Å². The Balaban J connectivity index is 2.43. The van der Waals surface area contributed by atoms with Gasteiger partial charge in [0.2, 0.25) is 0 Å². The van der Waals surface area contributed by atoms with Gasteiger partial charge in [-0.15, -0.1) is 0 Å². The first kappa shape index (κ1) is 16.0. The lowest BCUT2D eigenvalue weighted by molar-refractivity contribution is -0.157. The molecule has 1 unspecified atom stereocenters. The van der Waals surface area contributed by atoms with Gasteiger partial charge in [0, 0.05) is 6.07 Å². The van der Waals surface area contributed by atoms with Crippen molar-refractivity contribution in [1.82, 2.24) is 0 Å². The molecule has 0 aliphatic carbocycles. The number of methoxy groups -OCH3 is 1. The molecule has 0 amide bonds. The maximum atomic E-state index is 12.6. The lowest BCUT2D eigenvalue weighted by Gasteiger charge is -2.37. The quantitative estimate of drug-likeness (QED) is 0.479. The minimum Gasteiger partial charge on any atom is -0.497 e. The van der Waals surface area contributed by atoms with E-state index < -0.39 is 29.1 Å². The first-order valence-corrected chi connectivity index (χ1v) is 6.94. The zero-order chi connectivity index (χ0) is 16.5. The normalized spacial score (nSPS) is 18.9. The molecule has 2 rings (SSSR count). The van der Waals surface area contributed by atoms with Gasteiger partial charge >= 0.3 is 5.97 Å². The van der Waals surface area contributed by atoms with Crippen molar-refractivity contribution < 1.29 is 28.6 Å². The van der Waals surface area contributed by atoms with Crippen LogP contribution in [0.4, 0.5) is 0 Å². The maximum absolute atomic E-state index is 12.6. The molecule has 0 N–H and O–H groups in total. The first-order valence-electron chi connectivity index (χ1n) is 6.94.